The number of hydrogen-bond donors (Lipinski definition) is 3. The number of aromatic amines is 1. The molecule has 0 saturated carbocycles. The molecule has 3 N–H and O–H groups in total. The topological polar surface area (TPSA) is 52.7 Å². The van der Waals surface area contributed by atoms with E-state index in [-0.39, 0.29) is 0 Å². The minimum atomic E-state index is 0.536. The molecule has 1 atom stereocenters. The van der Waals surface area contributed by atoms with Crippen molar-refractivity contribution < 1.29 is 0 Å². The van der Waals surface area contributed by atoms with Crippen LogP contribution < -0.4 is 10.6 Å². The number of rotatable bonds is 1. The van der Waals surface area contributed by atoms with E-state index >= 15 is 0 Å². The van der Waals surface area contributed by atoms with Crippen molar-refractivity contribution in [2.45, 2.75) is 26.3 Å². The van der Waals surface area contributed by atoms with Gasteiger partial charge in [-0.2, -0.15) is 5.10 Å². The number of aromatic nitrogens is 2. The second kappa shape index (κ2) is 3.28. The van der Waals surface area contributed by atoms with Crippen LogP contribution in [0.3, 0.4) is 0 Å². The van der Waals surface area contributed by atoms with Gasteiger partial charge in [-0.3, -0.25) is 5.10 Å². The molecule has 0 bridgehead atoms. The van der Waals surface area contributed by atoms with Crippen LogP contribution in [0.25, 0.3) is 0 Å². The fraction of sp³-hybridized carbons (Fsp3) is 0.667. The van der Waals surface area contributed by atoms with Crippen LogP contribution in [0.2, 0.25) is 0 Å². The van der Waals surface area contributed by atoms with Gasteiger partial charge in [0.15, 0.2) is 0 Å². The van der Waals surface area contributed by atoms with E-state index in [0.29, 0.717) is 12.0 Å². The molecule has 1 aliphatic heterocycles. The number of nitrogens with one attached hydrogen (secondary N) is 3. The van der Waals surface area contributed by atoms with Crippen molar-refractivity contribution in [1.29, 1.82) is 0 Å². The van der Waals surface area contributed by atoms with Gasteiger partial charge in [-0.05, 0) is 12.3 Å². The highest BCUT2D eigenvalue weighted by Crippen LogP contribution is 2.24. The zero-order valence-corrected chi connectivity index (χ0v) is 8.09. The first-order valence-electron chi connectivity index (χ1n) is 4.81. The summed E-state index contributed by atoms with van der Waals surface area (Å²) in [5, 5.41) is 13.7. The molecule has 72 valence electrons. The van der Waals surface area contributed by atoms with Crippen LogP contribution in [0.5, 0.6) is 0 Å². The summed E-state index contributed by atoms with van der Waals surface area (Å²) in [4.78, 5) is 0. The summed E-state index contributed by atoms with van der Waals surface area (Å²) < 4.78 is 0. The fourth-order valence-electron chi connectivity index (χ4n) is 1.65. The van der Waals surface area contributed by atoms with Crippen molar-refractivity contribution in [2.24, 2.45) is 5.92 Å². The van der Waals surface area contributed by atoms with Gasteiger partial charge in [0.2, 0.25) is 0 Å². The molecule has 1 unspecified atom stereocenters. The van der Waals surface area contributed by atoms with Crippen molar-refractivity contribution in [3.63, 3.8) is 0 Å². The van der Waals surface area contributed by atoms with E-state index in [1.54, 1.807) is 0 Å². The number of hydrogen-bond acceptors (Lipinski definition) is 3. The Morgan fingerprint density at radius 2 is 2.38 bits per heavy atom. The maximum absolute atomic E-state index is 3.99. The summed E-state index contributed by atoms with van der Waals surface area (Å²) >= 11 is 0. The van der Waals surface area contributed by atoms with Crippen molar-refractivity contribution in [2.75, 3.05) is 17.2 Å². The van der Waals surface area contributed by atoms with Gasteiger partial charge in [0.25, 0.3) is 0 Å². The lowest BCUT2D eigenvalue weighted by molar-refractivity contribution is 0.506. The minimum absolute atomic E-state index is 0.536. The molecular weight excluding hydrogens is 164 g/mol. The maximum atomic E-state index is 3.99. The molecule has 4 nitrogen and oxygen atoms in total. The fourth-order valence-corrected chi connectivity index (χ4v) is 1.65. The van der Waals surface area contributed by atoms with Crippen LogP contribution in [0.4, 0.5) is 11.5 Å². The number of H-pyrrole nitrogens is 1. The van der Waals surface area contributed by atoms with Gasteiger partial charge >= 0.3 is 0 Å². The van der Waals surface area contributed by atoms with Crippen LogP contribution >= 0.6 is 0 Å². The zero-order chi connectivity index (χ0) is 9.26. The third-order valence-electron chi connectivity index (χ3n) is 2.54. The molecule has 0 radical (unpaired) electrons. The van der Waals surface area contributed by atoms with Gasteiger partial charge in [0.05, 0.1) is 11.9 Å². The Balaban J connectivity index is 2.17. The van der Waals surface area contributed by atoms with Crippen molar-refractivity contribution in [3.05, 3.63) is 6.20 Å². The Morgan fingerprint density at radius 3 is 3.15 bits per heavy atom. The molecule has 1 aromatic heterocycles. The first-order chi connectivity index (χ1) is 6.27. The molecule has 0 fully saturated rings. The average molecular weight is 180 g/mol. The Morgan fingerprint density at radius 1 is 1.54 bits per heavy atom. The van der Waals surface area contributed by atoms with Gasteiger partial charge in [0, 0.05) is 12.6 Å². The molecule has 2 rings (SSSR count). The molecule has 1 aliphatic rings. The highest BCUT2D eigenvalue weighted by Gasteiger charge is 2.18. The molecule has 1 aromatic rings. The van der Waals surface area contributed by atoms with E-state index in [2.05, 4.69) is 34.7 Å². The highest BCUT2D eigenvalue weighted by molar-refractivity contribution is 5.64. The van der Waals surface area contributed by atoms with Crippen LogP contribution in [0, 0.1) is 5.92 Å². The summed E-state index contributed by atoms with van der Waals surface area (Å²) in [5.74, 6) is 1.67. The molecular formula is C9H16N4. The molecule has 0 spiro atoms. The van der Waals surface area contributed by atoms with Crippen molar-refractivity contribution in [3.8, 4) is 0 Å². The molecule has 0 amide bonds. The van der Waals surface area contributed by atoms with Crippen LogP contribution in [-0.2, 0) is 0 Å². The third-order valence-corrected chi connectivity index (χ3v) is 2.54. The van der Waals surface area contributed by atoms with Crippen LogP contribution in [0.1, 0.15) is 20.3 Å². The zero-order valence-electron chi connectivity index (χ0n) is 8.09. The Bertz CT molecular complexity index is 279. The second-order valence-corrected chi connectivity index (χ2v) is 3.87. The molecule has 4 heteroatoms. The molecule has 13 heavy (non-hydrogen) atoms. The average Bonchev–Trinajstić information content (AvgIpc) is 2.42. The summed E-state index contributed by atoms with van der Waals surface area (Å²) in [6.45, 7) is 5.49. The summed E-state index contributed by atoms with van der Waals surface area (Å²) in [6, 6.07) is 0.536. The van der Waals surface area contributed by atoms with Crippen LogP contribution in [0.15, 0.2) is 6.20 Å². The third kappa shape index (κ3) is 1.61. The van der Waals surface area contributed by atoms with Gasteiger partial charge in [-0.25, -0.2) is 0 Å². The van der Waals surface area contributed by atoms with Gasteiger partial charge < -0.3 is 10.6 Å². The lowest BCUT2D eigenvalue weighted by Crippen LogP contribution is -2.26. The largest absolute Gasteiger partial charge is 0.381 e. The molecule has 0 saturated heterocycles. The lowest BCUT2D eigenvalue weighted by atomic mass is 10.0. The predicted octanol–water partition coefficient (Wildman–Crippen LogP) is 1.66. The van der Waals surface area contributed by atoms with Crippen molar-refractivity contribution >= 4 is 11.5 Å². The van der Waals surface area contributed by atoms with E-state index in [1.807, 2.05) is 6.20 Å². The number of anilines is 2. The minimum Gasteiger partial charge on any atom is -0.381 e. The van der Waals surface area contributed by atoms with E-state index in [4.69, 9.17) is 0 Å². The summed E-state index contributed by atoms with van der Waals surface area (Å²) in [7, 11) is 0. The maximum Gasteiger partial charge on any atom is 0.145 e. The SMILES string of the molecule is CC(C)C1CCNc2cn[nH]c2N1. The Hall–Kier alpha value is -1.19. The number of nitrogens with zero attached hydrogens (tertiary/aromatic N) is 1. The molecule has 0 aromatic carbocycles. The molecule has 2 heterocycles. The van der Waals surface area contributed by atoms with E-state index in [9.17, 15) is 0 Å². The van der Waals surface area contributed by atoms with E-state index < -0.39 is 0 Å². The highest BCUT2D eigenvalue weighted by atomic mass is 15.2. The summed E-state index contributed by atoms with van der Waals surface area (Å²) in [5.41, 5.74) is 1.09. The second-order valence-electron chi connectivity index (χ2n) is 3.87. The quantitative estimate of drug-likeness (QED) is 0.616. The Labute approximate surface area is 78.1 Å². The smallest absolute Gasteiger partial charge is 0.145 e. The van der Waals surface area contributed by atoms with Gasteiger partial charge in [0.1, 0.15) is 5.82 Å². The first kappa shape index (κ1) is 8.41. The van der Waals surface area contributed by atoms with Crippen LogP contribution in [-0.4, -0.2) is 22.8 Å². The number of fused-ring (bicyclic) bond motifs is 1. The van der Waals surface area contributed by atoms with Crippen molar-refractivity contribution in [1.82, 2.24) is 10.2 Å². The standard InChI is InChI=1S/C9H16N4/c1-6(2)7-3-4-10-8-5-11-13-9(8)12-7/h5-7,10H,3-4H2,1-2H3,(H2,11,12,13). The normalized spacial score (nSPS) is 21.6. The monoisotopic (exact) mass is 180 g/mol. The van der Waals surface area contributed by atoms with Gasteiger partial charge in [-0.15, -0.1) is 0 Å². The first-order valence-corrected chi connectivity index (χ1v) is 4.81. The molecule has 0 aliphatic carbocycles. The lowest BCUT2D eigenvalue weighted by Gasteiger charge is -2.19. The van der Waals surface area contributed by atoms with E-state index in [0.717, 1.165) is 24.5 Å². The Kier molecular flexibility index (Phi) is 2.12. The van der Waals surface area contributed by atoms with E-state index in [1.165, 1.54) is 0 Å². The van der Waals surface area contributed by atoms with Gasteiger partial charge in [-0.1, -0.05) is 13.8 Å². The predicted molar refractivity (Wildman–Crippen MR) is 53.9 cm³/mol. The summed E-state index contributed by atoms with van der Waals surface area (Å²) in [6.07, 6.45) is 2.98.